The molecule has 3 amide bonds. The second-order valence-electron chi connectivity index (χ2n) is 12.9. The number of fused-ring (bicyclic) bond motifs is 2. The van der Waals surface area contributed by atoms with Crippen molar-refractivity contribution in [2.45, 2.75) is 116 Å². The summed E-state index contributed by atoms with van der Waals surface area (Å²) in [5.74, 6) is -1.59. The Hall–Kier alpha value is -3.67. The number of rotatable bonds is 5. The molecule has 1 saturated carbocycles. The highest BCUT2D eigenvalue weighted by atomic mass is 35.5. The molecule has 2 fully saturated rings. The summed E-state index contributed by atoms with van der Waals surface area (Å²) in [6.07, 6.45) is 10.2. The van der Waals surface area contributed by atoms with Crippen LogP contribution in [0.15, 0.2) is 12.2 Å². The molecule has 12 nitrogen and oxygen atoms in total. The summed E-state index contributed by atoms with van der Waals surface area (Å²) in [6.45, 7) is 10.8. The molecule has 252 valence electrons. The van der Waals surface area contributed by atoms with Crippen LogP contribution in [0.25, 0.3) is 12.2 Å². The number of aromatic nitrogens is 2. The minimum absolute atomic E-state index is 0.0178. The zero-order valence-electron chi connectivity index (χ0n) is 27.6. The van der Waals surface area contributed by atoms with E-state index in [-0.39, 0.29) is 36.5 Å². The van der Waals surface area contributed by atoms with E-state index < -0.39 is 53.2 Å². The maximum absolute atomic E-state index is 14.2. The second kappa shape index (κ2) is 14.8. The highest BCUT2D eigenvalue weighted by Gasteiger charge is 2.62. The molecule has 0 bridgehead atoms. The van der Waals surface area contributed by atoms with Crippen LogP contribution in [-0.2, 0) is 23.9 Å². The van der Waals surface area contributed by atoms with Crippen molar-refractivity contribution >= 4 is 47.6 Å². The van der Waals surface area contributed by atoms with Crippen LogP contribution >= 0.6 is 11.6 Å². The van der Waals surface area contributed by atoms with E-state index in [1.807, 2.05) is 26.0 Å². The summed E-state index contributed by atoms with van der Waals surface area (Å²) in [4.78, 5) is 64.5. The van der Waals surface area contributed by atoms with Crippen LogP contribution in [0.3, 0.4) is 0 Å². The van der Waals surface area contributed by atoms with E-state index in [0.29, 0.717) is 30.0 Å². The van der Waals surface area contributed by atoms with Gasteiger partial charge in [-0.15, -0.1) is 0 Å². The average Bonchev–Trinajstić information content (AvgIpc) is 3.52. The first-order chi connectivity index (χ1) is 21.8. The molecule has 1 aromatic heterocycles. The number of carbonyl (C=O) groups is 4. The Balaban J connectivity index is 1.68. The number of nitrogens with zero attached hydrogens (tertiary/aromatic N) is 3. The predicted octanol–water partition coefficient (Wildman–Crippen LogP) is 2.93. The Morgan fingerprint density at radius 1 is 1.15 bits per heavy atom. The Morgan fingerprint density at radius 3 is 2.54 bits per heavy atom. The molecule has 1 saturated heterocycles. The van der Waals surface area contributed by atoms with Gasteiger partial charge in [-0.1, -0.05) is 48.7 Å². The van der Waals surface area contributed by atoms with Gasteiger partial charge < -0.3 is 29.7 Å². The van der Waals surface area contributed by atoms with Crippen LogP contribution in [-0.4, -0.2) is 81.2 Å². The van der Waals surface area contributed by atoms with E-state index in [4.69, 9.17) is 25.8 Å². The first-order valence-electron chi connectivity index (χ1n) is 16.1. The molecule has 1 aliphatic carbocycles. The zero-order chi connectivity index (χ0) is 33.6. The maximum Gasteiger partial charge on any atom is 0.408 e. The number of amides is 3. The lowest BCUT2D eigenvalue weighted by Gasteiger charge is -2.30. The van der Waals surface area contributed by atoms with Crippen LogP contribution < -0.4 is 26.1 Å². The summed E-state index contributed by atoms with van der Waals surface area (Å²) >= 11 is 6.43. The number of hydrogen-bond donors (Lipinski definition) is 2. The van der Waals surface area contributed by atoms with E-state index in [0.717, 1.165) is 19.3 Å². The highest BCUT2D eigenvalue weighted by Crippen LogP contribution is 2.46. The number of halogens is 1. The summed E-state index contributed by atoms with van der Waals surface area (Å²) in [5, 5.41) is 6.91. The minimum Gasteiger partial charge on any atom is -0.470 e. The number of allylic oxidation sites excluding steroid dienone is 1. The summed E-state index contributed by atoms with van der Waals surface area (Å²) in [7, 11) is 0. The Morgan fingerprint density at radius 2 is 1.87 bits per heavy atom. The standard InChI is InChI=1S/C33H46ClN5O7/c1-7-22-23(8-2)36-28(26(34)35-22)45-21-17-25-27(40)38-33(30(42)44-9-3)18-20(33)15-13-11-10-12-14-16-24(29(41)39(25)19-21)37-31(43)46-32(4,5)6/h7-8,13,15,20-21,24-25H,9-12,14,16-19H2,1-6H3,(H,37,43)(H,38,40)/b15-13-,22-7+,23-8+/t20-,21-,24+,25+,33-/m1/s1. The summed E-state index contributed by atoms with van der Waals surface area (Å²) in [5.41, 5.74) is -1.98. The van der Waals surface area contributed by atoms with Gasteiger partial charge >= 0.3 is 12.1 Å². The number of hydrogen-bond acceptors (Lipinski definition) is 9. The molecular weight excluding hydrogens is 614 g/mol. The van der Waals surface area contributed by atoms with Crippen molar-refractivity contribution < 1.29 is 33.4 Å². The molecule has 5 atom stereocenters. The number of nitrogens with one attached hydrogen (secondary N) is 2. The molecule has 2 N–H and O–H groups in total. The van der Waals surface area contributed by atoms with Crippen molar-refractivity contribution in [3.8, 4) is 5.88 Å². The Bertz CT molecular complexity index is 1480. The maximum atomic E-state index is 14.2. The molecular formula is C33H46ClN5O7. The van der Waals surface area contributed by atoms with Crippen molar-refractivity contribution in [2.75, 3.05) is 13.2 Å². The van der Waals surface area contributed by atoms with Crippen molar-refractivity contribution in [1.82, 2.24) is 25.5 Å². The van der Waals surface area contributed by atoms with Crippen LogP contribution in [0.5, 0.6) is 5.88 Å². The van der Waals surface area contributed by atoms with Gasteiger partial charge in [0.1, 0.15) is 29.3 Å². The van der Waals surface area contributed by atoms with E-state index in [2.05, 4.69) is 20.6 Å². The first-order valence-corrected chi connectivity index (χ1v) is 16.5. The quantitative estimate of drug-likeness (QED) is 0.359. The van der Waals surface area contributed by atoms with E-state index in [1.165, 1.54) is 4.90 Å². The van der Waals surface area contributed by atoms with Crippen LogP contribution in [0.1, 0.15) is 86.5 Å². The molecule has 46 heavy (non-hydrogen) atoms. The topological polar surface area (TPSA) is 149 Å². The molecule has 0 radical (unpaired) electrons. The average molecular weight is 660 g/mol. The Labute approximate surface area is 275 Å². The van der Waals surface area contributed by atoms with Crippen LogP contribution in [0, 0.1) is 5.92 Å². The summed E-state index contributed by atoms with van der Waals surface area (Å²) < 4.78 is 17.0. The molecule has 2 aliphatic heterocycles. The van der Waals surface area contributed by atoms with Crippen LogP contribution in [0.4, 0.5) is 4.79 Å². The molecule has 0 aromatic carbocycles. The zero-order valence-corrected chi connectivity index (χ0v) is 28.3. The monoisotopic (exact) mass is 659 g/mol. The van der Waals surface area contributed by atoms with Gasteiger partial charge in [-0.3, -0.25) is 9.59 Å². The van der Waals surface area contributed by atoms with Crippen molar-refractivity contribution in [1.29, 1.82) is 0 Å². The van der Waals surface area contributed by atoms with E-state index in [1.54, 1.807) is 39.8 Å². The fraction of sp³-hybridized carbons (Fsp3) is 0.636. The fourth-order valence-electron chi connectivity index (χ4n) is 5.92. The number of ether oxygens (including phenoxy) is 3. The van der Waals surface area contributed by atoms with Gasteiger partial charge in [0.05, 0.1) is 23.8 Å². The van der Waals surface area contributed by atoms with Gasteiger partial charge in [-0.05, 0) is 67.2 Å². The molecule has 13 heteroatoms. The third-order valence-electron chi connectivity index (χ3n) is 8.27. The van der Waals surface area contributed by atoms with Crippen molar-refractivity contribution in [3.05, 3.63) is 28.0 Å². The lowest BCUT2D eigenvalue weighted by Crippen LogP contribution is -2.56. The largest absolute Gasteiger partial charge is 0.470 e. The molecule has 4 rings (SSSR count). The SMILES string of the molecule is C/C=c1/nc(Cl)c(O[C@@H]2C[C@H]3C(=O)N[C@]4(C(=O)OCC)C[C@H]4/C=C\CCCCC[C@H](NC(=O)OC(C)(C)C)C(=O)N3C2)n/c1=C/C. The molecule has 1 aromatic rings. The normalized spacial score (nSPS) is 28.6. The third-order valence-corrected chi connectivity index (χ3v) is 8.52. The lowest BCUT2D eigenvalue weighted by atomic mass is 10.0. The van der Waals surface area contributed by atoms with Gasteiger partial charge in [-0.25, -0.2) is 19.6 Å². The minimum atomic E-state index is -1.21. The first kappa shape index (κ1) is 35.2. The number of esters is 1. The van der Waals surface area contributed by atoms with Gasteiger partial charge in [0.2, 0.25) is 11.8 Å². The van der Waals surface area contributed by atoms with E-state index >= 15 is 0 Å². The summed E-state index contributed by atoms with van der Waals surface area (Å²) in [6, 6.07) is -1.95. The van der Waals surface area contributed by atoms with E-state index in [9.17, 15) is 19.2 Å². The molecule has 0 unspecified atom stereocenters. The molecule has 3 aliphatic rings. The smallest absolute Gasteiger partial charge is 0.408 e. The van der Waals surface area contributed by atoms with Crippen molar-refractivity contribution in [2.24, 2.45) is 5.92 Å². The lowest BCUT2D eigenvalue weighted by molar-refractivity contribution is -0.150. The van der Waals surface area contributed by atoms with Gasteiger partial charge in [0.25, 0.3) is 5.88 Å². The predicted molar refractivity (Wildman–Crippen MR) is 172 cm³/mol. The highest BCUT2D eigenvalue weighted by molar-refractivity contribution is 6.30. The second-order valence-corrected chi connectivity index (χ2v) is 13.3. The van der Waals surface area contributed by atoms with Crippen molar-refractivity contribution in [3.63, 3.8) is 0 Å². The van der Waals surface area contributed by atoms with Gasteiger partial charge in [0.15, 0.2) is 5.15 Å². The molecule has 3 heterocycles. The van der Waals surface area contributed by atoms with Gasteiger partial charge in [-0.2, -0.15) is 0 Å². The van der Waals surface area contributed by atoms with Gasteiger partial charge in [0, 0.05) is 12.3 Å². The number of carbonyl (C=O) groups excluding carboxylic acids is 4. The third kappa shape index (κ3) is 8.37. The number of alkyl carbamates (subject to hydrolysis) is 1. The van der Waals surface area contributed by atoms with Crippen LogP contribution in [0.2, 0.25) is 5.15 Å². The fourth-order valence-corrected chi connectivity index (χ4v) is 6.10. The Kier molecular flexibility index (Phi) is 11.3. The molecule has 0 spiro atoms.